The lowest BCUT2D eigenvalue weighted by Gasteiger charge is -2.21. The third-order valence-electron chi connectivity index (χ3n) is 3.36. The first-order valence-corrected chi connectivity index (χ1v) is 7.34. The molecule has 1 aliphatic carbocycles. The summed E-state index contributed by atoms with van der Waals surface area (Å²) in [5.41, 5.74) is 2.10. The van der Waals surface area contributed by atoms with E-state index in [0.29, 0.717) is 15.8 Å². The number of rotatable bonds is 3. The van der Waals surface area contributed by atoms with E-state index in [1.807, 2.05) is 19.9 Å². The molecule has 0 amide bonds. The van der Waals surface area contributed by atoms with Crippen molar-refractivity contribution in [2.75, 3.05) is 0 Å². The molecule has 98 valence electrons. The van der Waals surface area contributed by atoms with Crippen molar-refractivity contribution in [2.45, 2.75) is 56.2 Å². The number of carboxylic acids is 1. The summed E-state index contributed by atoms with van der Waals surface area (Å²) in [6.07, 6.45) is 6.18. The quantitative estimate of drug-likeness (QED) is 0.902. The van der Waals surface area contributed by atoms with Crippen LogP contribution in [0.4, 0.5) is 0 Å². The lowest BCUT2D eigenvalue weighted by molar-refractivity contribution is 0.0691. The zero-order valence-electron chi connectivity index (χ0n) is 10.9. The molecule has 0 unspecified atom stereocenters. The van der Waals surface area contributed by atoms with Crippen molar-refractivity contribution < 1.29 is 9.90 Å². The van der Waals surface area contributed by atoms with Crippen LogP contribution < -0.4 is 0 Å². The summed E-state index contributed by atoms with van der Waals surface area (Å²) in [7, 11) is 0. The lowest BCUT2D eigenvalue weighted by Crippen LogP contribution is -2.11. The molecule has 0 spiro atoms. The number of aryl methyl sites for hydroxylation is 2. The second-order valence-corrected chi connectivity index (χ2v) is 6.23. The van der Waals surface area contributed by atoms with Gasteiger partial charge in [0.05, 0.1) is 5.56 Å². The summed E-state index contributed by atoms with van der Waals surface area (Å²) >= 11 is 1.66. The van der Waals surface area contributed by atoms with Crippen LogP contribution in [-0.2, 0) is 0 Å². The molecule has 0 radical (unpaired) electrons. The van der Waals surface area contributed by atoms with Gasteiger partial charge in [0, 0.05) is 10.9 Å². The Labute approximate surface area is 112 Å². The van der Waals surface area contributed by atoms with E-state index in [1.54, 1.807) is 11.8 Å². The van der Waals surface area contributed by atoms with Crippen LogP contribution in [0.25, 0.3) is 0 Å². The van der Waals surface area contributed by atoms with Crippen LogP contribution in [0.5, 0.6) is 0 Å². The van der Waals surface area contributed by atoms with E-state index < -0.39 is 5.97 Å². The van der Waals surface area contributed by atoms with E-state index in [2.05, 4.69) is 4.98 Å². The number of aromatic nitrogens is 1. The fraction of sp³-hybridized carbons (Fsp3) is 0.571. The van der Waals surface area contributed by atoms with Crippen molar-refractivity contribution in [2.24, 2.45) is 0 Å². The highest BCUT2D eigenvalue weighted by atomic mass is 32.2. The van der Waals surface area contributed by atoms with Crippen LogP contribution in [0.2, 0.25) is 0 Å². The van der Waals surface area contributed by atoms with Gasteiger partial charge in [0.15, 0.2) is 0 Å². The van der Waals surface area contributed by atoms with Gasteiger partial charge in [-0.2, -0.15) is 0 Å². The van der Waals surface area contributed by atoms with E-state index in [1.165, 1.54) is 32.1 Å². The van der Waals surface area contributed by atoms with Crippen LogP contribution >= 0.6 is 11.8 Å². The van der Waals surface area contributed by atoms with Gasteiger partial charge in [0.25, 0.3) is 0 Å². The predicted octanol–water partition coefficient (Wildman–Crippen LogP) is 3.82. The molecule has 4 heteroatoms. The average molecular weight is 265 g/mol. The van der Waals surface area contributed by atoms with Gasteiger partial charge in [-0.3, -0.25) is 0 Å². The monoisotopic (exact) mass is 265 g/mol. The van der Waals surface area contributed by atoms with Gasteiger partial charge in [-0.1, -0.05) is 19.3 Å². The van der Waals surface area contributed by atoms with Crippen LogP contribution in [0.1, 0.15) is 53.7 Å². The Morgan fingerprint density at radius 3 is 2.61 bits per heavy atom. The minimum absolute atomic E-state index is 0.385. The molecule has 1 aromatic rings. The number of pyridine rings is 1. The van der Waals surface area contributed by atoms with Gasteiger partial charge < -0.3 is 5.11 Å². The number of hydrogen-bond donors (Lipinski definition) is 1. The van der Waals surface area contributed by atoms with E-state index >= 15 is 0 Å². The average Bonchev–Trinajstić information content (AvgIpc) is 2.28. The molecule has 18 heavy (non-hydrogen) atoms. The maximum atomic E-state index is 11.3. The second kappa shape index (κ2) is 5.74. The third kappa shape index (κ3) is 3.05. The second-order valence-electron chi connectivity index (χ2n) is 4.94. The highest BCUT2D eigenvalue weighted by Crippen LogP contribution is 2.35. The number of aromatic carboxylic acids is 1. The molecule has 0 aliphatic heterocycles. The largest absolute Gasteiger partial charge is 0.478 e. The van der Waals surface area contributed by atoms with Gasteiger partial charge in [0.2, 0.25) is 0 Å². The molecule has 1 N–H and O–H groups in total. The fourth-order valence-corrected chi connectivity index (χ4v) is 3.94. The van der Waals surface area contributed by atoms with Crippen LogP contribution in [-0.4, -0.2) is 21.3 Å². The topological polar surface area (TPSA) is 50.2 Å². The molecular weight excluding hydrogens is 246 g/mol. The predicted molar refractivity (Wildman–Crippen MR) is 73.4 cm³/mol. The highest BCUT2D eigenvalue weighted by Gasteiger charge is 2.21. The first kappa shape index (κ1) is 13.4. The maximum absolute atomic E-state index is 11.3. The summed E-state index contributed by atoms with van der Waals surface area (Å²) < 4.78 is 0. The molecule has 0 saturated heterocycles. The van der Waals surface area contributed by atoms with E-state index in [9.17, 15) is 9.90 Å². The molecule has 0 atom stereocenters. The first-order valence-electron chi connectivity index (χ1n) is 6.46. The molecule has 3 nitrogen and oxygen atoms in total. The van der Waals surface area contributed by atoms with E-state index in [-0.39, 0.29) is 0 Å². The van der Waals surface area contributed by atoms with Crippen LogP contribution in [0.15, 0.2) is 11.1 Å². The SMILES string of the molecule is Cc1cc(C)c(C(=O)O)c(SC2CCCCC2)n1. The number of carboxylic acid groups (broad SMARTS) is 1. The molecule has 1 saturated carbocycles. The summed E-state index contributed by atoms with van der Waals surface area (Å²) in [6.45, 7) is 3.77. The van der Waals surface area contributed by atoms with Crippen molar-refractivity contribution in [1.29, 1.82) is 0 Å². The van der Waals surface area contributed by atoms with Crippen molar-refractivity contribution in [3.8, 4) is 0 Å². The molecule has 1 aliphatic rings. The standard InChI is InChI=1S/C14H19NO2S/c1-9-8-10(2)15-13(12(9)14(16)17)18-11-6-4-3-5-7-11/h8,11H,3-7H2,1-2H3,(H,16,17). The van der Waals surface area contributed by atoms with Crippen molar-refractivity contribution in [3.05, 3.63) is 22.9 Å². The van der Waals surface area contributed by atoms with E-state index in [4.69, 9.17) is 0 Å². The molecule has 0 aromatic carbocycles. The first-order chi connectivity index (χ1) is 8.58. The Balaban J connectivity index is 2.27. The smallest absolute Gasteiger partial charge is 0.338 e. The third-order valence-corrected chi connectivity index (χ3v) is 4.68. The Morgan fingerprint density at radius 2 is 2.00 bits per heavy atom. The van der Waals surface area contributed by atoms with Gasteiger partial charge in [-0.05, 0) is 38.3 Å². The minimum atomic E-state index is -0.863. The van der Waals surface area contributed by atoms with Crippen molar-refractivity contribution >= 4 is 17.7 Å². The van der Waals surface area contributed by atoms with E-state index in [0.717, 1.165) is 11.3 Å². The van der Waals surface area contributed by atoms with Crippen LogP contribution in [0, 0.1) is 13.8 Å². The molecular formula is C14H19NO2S. The Morgan fingerprint density at radius 1 is 1.33 bits per heavy atom. The molecule has 1 heterocycles. The van der Waals surface area contributed by atoms with Gasteiger partial charge in [-0.15, -0.1) is 11.8 Å². The highest BCUT2D eigenvalue weighted by molar-refractivity contribution is 7.99. The Hall–Kier alpha value is -1.03. The summed E-state index contributed by atoms with van der Waals surface area (Å²) in [4.78, 5) is 15.8. The normalized spacial score (nSPS) is 16.8. The van der Waals surface area contributed by atoms with Gasteiger partial charge >= 0.3 is 5.97 Å². The van der Waals surface area contributed by atoms with Crippen molar-refractivity contribution in [1.82, 2.24) is 4.98 Å². The summed E-state index contributed by atoms with van der Waals surface area (Å²) in [5.74, 6) is -0.863. The van der Waals surface area contributed by atoms with Crippen LogP contribution in [0.3, 0.4) is 0 Å². The molecule has 0 bridgehead atoms. The number of nitrogens with zero attached hydrogens (tertiary/aromatic N) is 1. The Kier molecular flexibility index (Phi) is 4.27. The van der Waals surface area contributed by atoms with Gasteiger partial charge in [-0.25, -0.2) is 9.78 Å². The lowest BCUT2D eigenvalue weighted by atomic mass is 10.0. The minimum Gasteiger partial charge on any atom is -0.478 e. The number of carbonyl (C=O) groups is 1. The number of thioether (sulfide) groups is 1. The fourth-order valence-electron chi connectivity index (χ4n) is 2.49. The Bertz CT molecular complexity index is 453. The maximum Gasteiger partial charge on any atom is 0.338 e. The zero-order valence-corrected chi connectivity index (χ0v) is 11.7. The molecule has 1 aromatic heterocycles. The van der Waals surface area contributed by atoms with Crippen molar-refractivity contribution in [3.63, 3.8) is 0 Å². The summed E-state index contributed by atoms with van der Waals surface area (Å²) in [6, 6.07) is 1.84. The van der Waals surface area contributed by atoms with Gasteiger partial charge in [0.1, 0.15) is 5.03 Å². The zero-order chi connectivity index (χ0) is 13.1. The number of hydrogen-bond acceptors (Lipinski definition) is 3. The molecule has 2 rings (SSSR count). The molecule has 1 fully saturated rings. The summed E-state index contributed by atoms with van der Waals surface area (Å²) in [5, 5.41) is 10.5.